The molecule has 1 saturated carbocycles. The number of aliphatic hydroxyl groups excluding tert-OH is 1. The van der Waals surface area contributed by atoms with E-state index in [9.17, 15) is 20.0 Å². The van der Waals surface area contributed by atoms with Crippen LogP contribution in [0.2, 0.25) is 5.02 Å². The van der Waals surface area contributed by atoms with Crippen LogP contribution in [-0.2, 0) is 0 Å². The number of likely N-dealkylation sites (tertiary alicyclic amines) is 1. The van der Waals surface area contributed by atoms with Gasteiger partial charge in [0.05, 0.1) is 40.3 Å². The van der Waals surface area contributed by atoms with Gasteiger partial charge in [-0.1, -0.05) is 11.6 Å². The van der Waals surface area contributed by atoms with Gasteiger partial charge in [-0.15, -0.1) is 5.10 Å². The molecule has 14 heteroatoms. The van der Waals surface area contributed by atoms with Gasteiger partial charge in [0.1, 0.15) is 12.7 Å². The third-order valence-electron chi connectivity index (χ3n) is 7.58. The minimum atomic E-state index is -0.920. The average molecular weight is 566 g/mol. The summed E-state index contributed by atoms with van der Waals surface area (Å²) in [4.78, 5) is 15.6. The molecule has 0 amide bonds. The van der Waals surface area contributed by atoms with Gasteiger partial charge in [0.2, 0.25) is 5.95 Å². The Morgan fingerprint density at radius 1 is 1.15 bits per heavy atom. The molecule has 1 atom stereocenters. The van der Waals surface area contributed by atoms with Gasteiger partial charge in [-0.25, -0.2) is 9.37 Å². The quantitative estimate of drug-likeness (QED) is 0.350. The number of aromatic nitrogens is 4. The highest BCUT2D eigenvalue weighted by Gasteiger charge is 2.34. The molecule has 6 rings (SSSR count). The Bertz CT molecular complexity index is 1480. The molecule has 3 aromatic rings. The van der Waals surface area contributed by atoms with Gasteiger partial charge >= 0.3 is 0 Å². The first-order valence-corrected chi connectivity index (χ1v) is 13.7. The molecule has 0 bridgehead atoms. The summed E-state index contributed by atoms with van der Waals surface area (Å²) in [7, 11) is 0. The van der Waals surface area contributed by atoms with E-state index < -0.39 is 12.8 Å². The van der Waals surface area contributed by atoms with Gasteiger partial charge in [0.25, 0.3) is 0 Å². The Morgan fingerprint density at radius 2 is 1.93 bits per heavy atom. The lowest BCUT2D eigenvalue weighted by atomic mass is 10.0. The fourth-order valence-corrected chi connectivity index (χ4v) is 5.52. The van der Waals surface area contributed by atoms with Crippen molar-refractivity contribution in [2.75, 3.05) is 68.0 Å². The highest BCUT2D eigenvalue weighted by atomic mass is 35.5. The molecule has 2 aliphatic heterocycles. The van der Waals surface area contributed by atoms with Gasteiger partial charge in [-0.2, -0.15) is 20.0 Å². The maximum Gasteiger partial charge on any atom is 0.247 e. The van der Waals surface area contributed by atoms with E-state index in [1.54, 1.807) is 12.1 Å². The van der Waals surface area contributed by atoms with Gasteiger partial charge in [-0.3, -0.25) is 9.80 Å². The van der Waals surface area contributed by atoms with E-state index in [-0.39, 0.29) is 11.6 Å². The molecular formula is C26H29ClFN11O. The minimum absolute atomic E-state index is 0.227. The SMILES string of the molecule is N#Cc1cc(Nc2nc(NC3CC3)c3ncc(C#N)n3n2)c(Cl)c(N2CCN(C3CN(CC(O)CF)C3)CC2)c1. The molecule has 1 aliphatic carbocycles. The van der Waals surface area contributed by atoms with Crippen LogP contribution in [0.1, 0.15) is 24.1 Å². The molecule has 1 unspecified atom stereocenters. The van der Waals surface area contributed by atoms with Crippen LogP contribution < -0.4 is 15.5 Å². The lowest BCUT2D eigenvalue weighted by Gasteiger charge is -2.49. The molecule has 1 aromatic carbocycles. The van der Waals surface area contributed by atoms with Gasteiger partial charge in [0, 0.05) is 57.9 Å². The first-order chi connectivity index (χ1) is 19.4. The van der Waals surface area contributed by atoms with Crippen molar-refractivity contribution in [3.63, 3.8) is 0 Å². The monoisotopic (exact) mass is 565 g/mol. The van der Waals surface area contributed by atoms with Gasteiger partial charge in [0.15, 0.2) is 17.2 Å². The van der Waals surface area contributed by atoms with Crippen LogP contribution in [0.5, 0.6) is 0 Å². The number of fused-ring (bicyclic) bond motifs is 1. The number of nitrogens with one attached hydrogen (secondary N) is 2. The standard InChI is InChI=1S/C26H29ClFN11O/c27-23-21(33-26-34-24(32-17-1-2-17)25-31-12-18(11-30)39(25)35-26)7-16(10-29)8-22(23)38-5-3-37(4-6-38)19-13-36(14-19)15-20(40)9-28/h7-8,12,17,19-20,40H,1-6,9,13-15H2,(H2,32,33,34,35). The number of anilines is 4. The number of rotatable bonds is 9. The zero-order valence-corrected chi connectivity index (χ0v) is 22.5. The highest BCUT2D eigenvalue weighted by Crippen LogP contribution is 2.37. The molecule has 2 saturated heterocycles. The fraction of sp³-hybridized carbons (Fsp3) is 0.500. The summed E-state index contributed by atoms with van der Waals surface area (Å²) < 4.78 is 14.0. The Kier molecular flexibility index (Phi) is 7.29. The minimum Gasteiger partial charge on any atom is -0.389 e. The third-order valence-corrected chi connectivity index (χ3v) is 7.98. The van der Waals surface area contributed by atoms with Crippen LogP contribution in [0.4, 0.5) is 27.5 Å². The van der Waals surface area contributed by atoms with Crippen LogP contribution in [0.3, 0.4) is 0 Å². The van der Waals surface area contributed by atoms with E-state index in [1.807, 2.05) is 0 Å². The van der Waals surface area contributed by atoms with Crippen molar-refractivity contribution in [3.05, 3.63) is 34.6 Å². The summed E-state index contributed by atoms with van der Waals surface area (Å²) >= 11 is 6.90. The molecular weight excluding hydrogens is 537 g/mol. The normalized spacial score (nSPS) is 19.2. The molecule has 4 heterocycles. The van der Waals surface area contributed by atoms with Crippen molar-refractivity contribution in [3.8, 4) is 12.1 Å². The van der Waals surface area contributed by atoms with E-state index >= 15 is 0 Å². The zero-order valence-electron chi connectivity index (χ0n) is 21.8. The van der Waals surface area contributed by atoms with Crippen molar-refractivity contribution >= 4 is 40.4 Å². The van der Waals surface area contributed by atoms with Crippen LogP contribution in [0.25, 0.3) is 5.65 Å². The topological polar surface area (TPSA) is 145 Å². The van der Waals surface area contributed by atoms with E-state index in [0.29, 0.717) is 46.4 Å². The second kappa shape index (κ2) is 11.0. The number of halogens is 2. The van der Waals surface area contributed by atoms with Crippen molar-refractivity contribution in [2.45, 2.75) is 31.0 Å². The first-order valence-electron chi connectivity index (χ1n) is 13.3. The second-order valence-electron chi connectivity index (χ2n) is 10.5. The Morgan fingerprint density at radius 3 is 2.60 bits per heavy atom. The summed E-state index contributed by atoms with van der Waals surface area (Å²) in [5.41, 5.74) is 2.44. The van der Waals surface area contributed by atoms with E-state index in [2.05, 4.69) is 52.5 Å². The molecule has 3 aliphatic rings. The molecule has 0 spiro atoms. The number of nitriles is 2. The predicted molar refractivity (Wildman–Crippen MR) is 148 cm³/mol. The van der Waals surface area contributed by atoms with E-state index in [4.69, 9.17) is 11.6 Å². The summed E-state index contributed by atoms with van der Waals surface area (Å²) in [5.74, 6) is 0.754. The lowest BCUT2D eigenvalue weighted by Crippen LogP contribution is -2.64. The maximum absolute atomic E-state index is 12.6. The smallest absolute Gasteiger partial charge is 0.247 e. The van der Waals surface area contributed by atoms with Crippen LogP contribution >= 0.6 is 11.6 Å². The molecule has 208 valence electrons. The molecule has 40 heavy (non-hydrogen) atoms. The lowest BCUT2D eigenvalue weighted by molar-refractivity contribution is -0.00329. The number of β-amino-alcohol motifs (C(OH)–C–C–N with tert-alkyl or cyclic N) is 1. The number of hydrogen-bond acceptors (Lipinski definition) is 11. The molecule has 3 N–H and O–H groups in total. The molecule has 3 fully saturated rings. The molecule has 0 radical (unpaired) electrons. The maximum atomic E-state index is 12.6. The number of imidazole rings is 1. The van der Waals surface area contributed by atoms with E-state index in [1.165, 1.54) is 10.7 Å². The van der Waals surface area contributed by atoms with Crippen LogP contribution in [0, 0.1) is 22.7 Å². The Hall–Kier alpha value is -3.75. The zero-order chi connectivity index (χ0) is 27.8. The fourth-order valence-electron chi connectivity index (χ4n) is 5.24. The van der Waals surface area contributed by atoms with E-state index in [0.717, 1.165) is 57.8 Å². The second-order valence-corrected chi connectivity index (χ2v) is 10.9. The highest BCUT2D eigenvalue weighted by molar-refractivity contribution is 6.36. The predicted octanol–water partition coefficient (Wildman–Crippen LogP) is 1.98. The number of alkyl halides is 1. The van der Waals surface area contributed by atoms with Crippen LogP contribution in [0.15, 0.2) is 18.3 Å². The first kappa shape index (κ1) is 26.5. The number of piperazine rings is 1. The van der Waals surface area contributed by atoms with Gasteiger partial charge in [-0.05, 0) is 25.0 Å². The third kappa shape index (κ3) is 5.33. The molecule has 2 aromatic heterocycles. The summed E-state index contributed by atoms with van der Waals surface area (Å²) in [6, 6.07) is 8.48. The van der Waals surface area contributed by atoms with Crippen LogP contribution in [-0.4, -0.2) is 105 Å². The van der Waals surface area contributed by atoms with Gasteiger partial charge < -0.3 is 20.6 Å². The molecule has 12 nitrogen and oxygen atoms in total. The summed E-state index contributed by atoms with van der Waals surface area (Å²) in [5, 5.41) is 40.2. The van der Waals surface area contributed by atoms with Crippen molar-refractivity contribution in [2.24, 2.45) is 0 Å². The largest absolute Gasteiger partial charge is 0.389 e. The Labute approximate surface area is 235 Å². The summed E-state index contributed by atoms with van der Waals surface area (Å²) in [6.45, 7) is 4.41. The van der Waals surface area contributed by atoms with Crippen molar-refractivity contribution in [1.82, 2.24) is 29.4 Å². The van der Waals surface area contributed by atoms with Crippen molar-refractivity contribution in [1.29, 1.82) is 10.5 Å². The Balaban J connectivity index is 1.19. The number of aliphatic hydroxyl groups is 1. The average Bonchev–Trinajstić information content (AvgIpc) is 3.67. The number of benzene rings is 1. The number of nitrogens with zero attached hydrogens (tertiary/aromatic N) is 9. The number of hydrogen-bond donors (Lipinski definition) is 3. The summed E-state index contributed by atoms with van der Waals surface area (Å²) in [6.07, 6.45) is 2.62. The van der Waals surface area contributed by atoms with Crippen molar-refractivity contribution < 1.29 is 9.50 Å².